The third-order valence-corrected chi connectivity index (χ3v) is 4.84. The Bertz CT molecular complexity index is 830. The van der Waals surface area contributed by atoms with Crippen LogP contribution >= 0.6 is 23.4 Å². The average Bonchev–Trinajstić information content (AvgIpc) is 2.87. The molecule has 0 bridgehead atoms. The Morgan fingerprint density at radius 1 is 1.29 bits per heavy atom. The van der Waals surface area contributed by atoms with Gasteiger partial charge in [-0.2, -0.15) is 0 Å². The highest BCUT2D eigenvalue weighted by Crippen LogP contribution is 2.35. The van der Waals surface area contributed by atoms with Gasteiger partial charge in [0.2, 0.25) is 0 Å². The molecule has 1 aromatic heterocycles. The van der Waals surface area contributed by atoms with Gasteiger partial charge in [0.1, 0.15) is 0 Å². The van der Waals surface area contributed by atoms with E-state index < -0.39 is 0 Å². The molecule has 3 rings (SSSR count). The maximum absolute atomic E-state index is 12.6. The van der Waals surface area contributed by atoms with Crippen LogP contribution in [-0.4, -0.2) is 27.5 Å². The Morgan fingerprint density at radius 3 is 2.71 bits per heavy atom. The first-order chi connectivity index (χ1) is 11.6. The van der Waals surface area contributed by atoms with Crippen molar-refractivity contribution in [2.45, 2.75) is 13.8 Å². The van der Waals surface area contributed by atoms with Crippen LogP contribution in [0.25, 0.3) is 6.08 Å². The second-order valence-corrected chi connectivity index (χ2v) is 6.71. The van der Waals surface area contributed by atoms with Gasteiger partial charge in [-0.25, -0.2) is 4.99 Å². The number of aromatic nitrogens is 1. The van der Waals surface area contributed by atoms with Crippen molar-refractivity contribution in [3.63, 3.8) is 0 Å². The number of benzene rings is 1. The van der Waals surface area contributed by atoms with Crippen LogP contribution in [0.5, 0.6) is 0 Å². The van der Waals surface area contributed by atoms with E-state index in [0.717, 1.165) is 5.56 Å². The normalized spacial score (nSPS) is 18.0. The van der Waals surface area contributed by atoms with E-state index in [0.29, 0.717) is 27.3 Å². The van der Waals surface area contributed by atoms with Gasteiger partial charge in [0.05, 0.1) is 15.6 Å². The summed E-state index contributed by atoms with van der Waals surface area (Å²) in [6.45, 7) is 4.52. The molecule has 0 atom stereocenters. The number of amidine groups is 1. The number of nitrogens with zero attached hydrogens (tertiary/aromatic N) is 3. The summed E-state index contributed by atoms with van der Waals surface area (Å²) in [4.78, 5) is 23.4. The highest BCUT2D eigenvalue weighted by atomic mass is 35.5. The summed E-state index contributed by atoms with van der Waals surface area (Å²) in [5.41, 5.74) is 2.79. The number of aliphatic imine (C=N–C) groups is 1. The fourth-order valence-corrected chi connectivity index (χ4v) is 3.46. The van der Waals surface area contributed by atoms with E-state index in [9.17, 15) is 4.79 Å². The zero-order valence-electron chi connectivity index (χ0n) is 13.4. The van der Waals surface area contributed by atoms with E-state index in [1.807, 2.05) is 44.2 Å². The molecule has 0 aliphatic carbocycles. The standard InChI is InChI=1S/C18H16ClN3OS/c1-3-22-17(23)16(10-13-6-4-12(2)5-7-13)24-18(22)21-15-8-9-20-11-14(15)19/h4-11H,3H2,1-2H3/b16-10-,21-18?. The molecule has 4 nitrogen and oxygen atoms in total. The molecule has 122 valence electrons. The number of carbonyl (C=O) groups excluding carboxylic acids is 1. The third kappa shape index (κ3) is 3.52. The third-order valence-electron chi connectivity index (χ3n) is 3.55. The molecule has 1 aliphatic heterocycles. The molecule has 0 radical (unpaired) electrons. The van der Waals surface area contributed by atoms with Crippen LogP contribution in [0.1, 0.15) is 18.1 Å². The predicted molar refractivity (Wildman–Crippen MR) is 100 cm³/mol. The smallest absolute Gasteiger partial charge is 0.266 e. The summed E-state index contributed by atoms with van der Waals surface area (Å²) >= 11 is 7.48. The molecule has 0 saturated carbocycles. The van der Waals surface area contributed by atoms with Crippen molar-refractivity contribution in [3.05, 3.63) is 63.8 Å². The number of likely N-dealkylation sites (N-methyl/N-ethyl adjacent to an activating group) is 1. The van der Waals surface area contributed by atoms with Gasteiger partial charge in [0, 0.05) is 18.9 Å². The number of amides is 1. The van der Waals surface area contributed by atoms with Crippen molar-refractivity contribution in [3.8, 4) is 0 Å². The number of halogens is 1. The minimum Gasteiger partial charge on any atom is -0.287 e. The topological polar surface area (TPSA) is 45.6 Å². The first kappa shape index (κ1) is 16.7. The molecule has 0 N–H and O–H groups in total. The van der Waals surface area contributed by atoms with E-state index in [-0.39, 0.29) is 5.91 Å². The molecule has 1 amide bonds. The van der Waals surface area contributed by atoms with E-state index in [2.05, 4.69) is 9.98 Å². The number of hydrogen-bond donors (Lipinski definition) is 0. The van der Waals surface area contributed by atoms with Gasteiger partial charge in [0.25, 0.3) is 5.91 Å². The maximum atomic E-state index is 12.6. The van der Waals surface area contributed by atoms with Crippen LogP contribution in [-0.2, 0) is 4.79 Å². The van der Waals surface area contributed by atoms with Crippen molar-refractivity contribution >= 4 is 46.2 Å². The number of aryl methyl sites for hydroxylation is 1. The zero-order valence-corrected chi connectivity index (χ0v) is 14.9. The van der Waals surface area contributed by atoms with Crippen molar-refractivity contribution in [1.29, 1.82) is 0 Å². The number of rotatable bonds is 3. The lowest BCUT2D eigenvalue weighted by molar-refractivity contribution is -0.122. The molecule has 0 spiro atoms. The lowest BCUT2D eigenvalue weighted by Gasteiger charge is -2.12. The van der Waals surface area contributed by atoms with E-state index in [1.165, 1.54) is 17.3 Å². The summed E-state index contributed by atoms with van der Waals surface area (Å²) < 4.78 is 0. The molecule has 24 heavy (non-hydrogen) atoms. The summed E-state index contributed by atoms with van der Waals surface area (Å²) in [5.74, 6) is -0.0352. The fraction of sp³-hybridized carbons (Fsp3) is 0.167. The summed E-state index contributed by atoms with van der Waals surface area (Å²) in [5, 5.41) is 1.10. The van der Waals surface area contributed by atoms with Crippen LogP contribution in [0, 0.1) is 6.92 Å². The quantitative estimate of drug-likeness (QED) is 0.750. The van der Waals surface area contributed by atoms with Gasteiger partial charge < -0.3 is 0 Å². The molecule has 1 aliphatic rings. The average molecular weight is 358 g/mol. The Balaban J connectivity index is 1.94. The van der Waals surface area contributed by atoms with Crippen LogP contribution < -0.4 is 0 Å². The minimum atomic E-state index is -0.0352. The first-order valence-corrected chi connectivity index (χ1v) is 8.74. The number of carbonyl (C=O) groups is 1. The van der Waals surface area contributed by atoms with Gasteiger partial charge in [-0.15, -0.1) is 0 Å². The van der Waals surface area contributed by atoms with Crippen molar-refractivity contribution in [1.82, 2.24) is 9.88 Å². The van der Waals surface area contributed by atoms with Crippen LogP contribution in [0.4, 0.5) is 5.69 Å². The fourth-order valence-electron chi connectivity index (χ4n) is 2.25. The minimum absolute atomic E-state index is 0.0352. The molecule has 2 aromatic rings. The van der Waals surface area contributed by atoms with Crippen LogP contribution in [0.2, 0.25) is 5.02 Å². The second kappa shape index (κ2) is 7.20. The number of pyridine rings is 1. The predicted octanol–water partition coefficient (Wildman–Crippen LogP) is 4.67. The Hall–Kier alpha value is -2.11. The lowest BCUT2D eigenvalue weighted by Crippen LogP contribution is -2.28. The van der Waals surface area contributed by atoms with Gasteiger partial charge in [-0.05, 0) is 43.3 Å². The van der Waals surface area contributed by atoms with Crippen molar-refractivity contribution < 1.29 is 4.79 Å². The van der Waals surface area contributed by atoms with Crippen molar-refractivity contribution in [2.75, 3.05) is 6.54 Å². The molecule has 1 fully saturated rings. The van der Waals surface area contributed by atoms with Crippen LogP contribution in [0.15, 0.2) is 52.6 Å². The molecule has 6 heteroatoms. The Morgan fingerprint density at radius 2 is 2.04 bits per heavy atom. The molecule has 2 heterocycles. The van der Waals surface area contributed by atoms with Gasteiger partial charge in [-0.1, -0.05) is 41.4 Å². The van der Waals surface area contributed by atoms with Crippen LogP contribution in [0.3, 0.4) is 0 Å². The summed E-state index contributed by atoms with van der Waals surface area (Å²) in [6.07, 6.45) is 5.07. The number of hydrogen-bond acceptors (Lipinski definition) is 4. The van der Waals surface area contributed by atoms with Gasteiger partial charge in [0.15, 0.2) is 5.17 Å². The Labute approximate surface area is 150 Å². The van der Waals surface area contributed by atoms with E-state index in [1.54, 1.807) is 23.4 Å². The van der Waals surface area contributed by atoms with E-state index in [4.69, 9.17) is 11.6 Å². The molecular weight excluding hydrogens is 342 g/mol. The van der Waals surface area contributed by atoms with E-state index >= 15 is 0 Å². The molecule has 0 unspecified atom stereocenters. The molecule has 1 saturated heterocycles. The van der Waals surface area contributed by atoms with Crippen molar-refractivity contribution in [2.24, 2.45) is 4.99 Å². The van der Waals surface area contributed by atoms with Gasteiger partial charge >= 0.3 is 0 Å². The molecule has 1 aromatic carbocycles. The molecular formula is C18H16ClN3OS. The largest absolute Gasteiger partial charge is 0.287 e. The zero-order chi connectivity index (χ0) is 17.1. The summed E-state index contributed by atoms with van der Waals surface area (Å²) in [6, 6.07) is 9.79. The second-order valence-electron chi connectivity index (χ2n) is 5.29. The SMILES string of the molecule is CCN1C(=O)/C(=C/c2ccc(C)cc2)SC1=Nc1ccncc1Cl. The van der Waals surface area contributed by atoms with Gasteiger partial charge in [-0.3, -0.25) is 14.7 Å². The maximum Gasteiger partial charge on any atom is 0.266 e. The first-order valence-electron chi connectivity index (χ1n) is 7.54. The lowest BCUT2D eigenvalue weighted by atomic mass is 10.1. The number of thioether (sulfide) groups is 1. The summed E-state index contributed by atoms with van der Waals surface area (Å²) in [7, 11) is 0. The monoisotopic (exact) mass is 357 g/mol. The Kier molecular flexibility index (Phi) is 5.02. The highest BCUT2D eigenvalue weighted by Gasteiger charge is 2.32. The highest BCUT2D eigenvalue weighted by molar-refractivity contribution is 8.18.